The van der Waals surface area contributed by atoms with Gasteiger partial charge in [-0.05, 0) is 12.5 Å². The van der Waals surface area contributed by atoms with Crippen LogP contribution in [0.15, 0.2) is 39.8 Å². The van der Waals surface area contributed by atoms with Crippen molar-refractivity contribution in [2.24, 2.45) is 7.05 Å². The number of aromatic nitrogens is 2. The molecule has 0 unspecified atom stereocenters. The SMILES string of the molecule is Cc1oc2ncn(C)c(=O)c2c1C(=O)N1CCN(Cc2cccc([N+](=O)[O-])c2)CC1. The Bertz CT molecular complexity index is 1190. The zero-order valence-corrected chi connectivity index (χ0v) is 16.7. The number of carbonyl (C=O) groups excluding carboxylic acids is 1. The molecule has 1 aliphatic heterocycles. The molecule has 2 aromatic heterocycles. The van der Waals surface area contributed by atoms with Gasteiger partial charge < -0.3 is 13.9 Å². The predicted molar refractivity (Wildman–Crippen MR) is 108 cm³/mol. The molecule has 0 N–H and O–H groups in total. The van der Waals surface area contributed by atoms with Gasteiger partial charge in [-0.2, -0.15) is 0 Å². The van der Waals surface area contributed by atoms with Gasteiger partial charge in [0.25, 0.3) is 17.2 Å². The number of nitrogens with zero attached hydrogens (tertiary/aromatic N) is 5. The minimum absolute atomic E-state index is 0.0683. The van der Waals surface area contributed by atoms with E-state index in [-0.39, 0.29) is 33.8 Å². The first-order valence-electron chi connectivity index (χ1n) is 9.55. The van der Waals surface area contributed by atoms with Crippen LogP contribution >= 0.6 is 0 Å². The van der Waals surface area contributed by atoms with E-state index in [1.54, 1.807) is 31.0 Å². The molecular weight excluding hydrogens is 390 g/mol. The fourth-order valence-electron chi connectivity index (χ4n) is 3.74. The van der Waals surface area contributed by atoms with E-state index < -0.39 is 4.92 Å². The molecule has 3 aromatic rings. The van der Waals surface area contributed by atoms with Gasteiger partial charge in [-0.25, -0.2) is 4.98 Å². The first-order valence-corrected chi connectivity index (χ1v) is 9.55. The molecule has 1 saturated heterocycles. The van der Waals surface area contributed by atoms with E-state index in [1.165, 1.54) is 17.0 Å². The second-order valence-corrected chi connectivity index (χ2v) is 7.37. The van der Waals surface area contributed by atoms with Crippen LogP contribution in [0.4, 0.5) is 5.69 Å². The highest BCUT2D eigenvalue weighted by molar-refractivity contribution is 6.06. The van der Waals surface area contributed by atoms with E-state index in [0.717, 1.165) is 5.56 Å². The molecule has 0 saturated carbocycles. The molecule has 1 amide bonds. The van der Waals surface area contributed by atoms with Gasteiger partial charge in [0.05, 0.1) is 10.5 Å². The Morgan fingerprint density at radius 1 is 1.27 bits per heavy atom. The van der Waals surface area contributed by atoms with Crippen molar-refractivity contribution >= 4 is 22.7 Å². The molecule has 10 heteroatoms. The summed E-state index contributed by atoms with van der Waals surface area (Å²) in [5.74, 6) is 0.135. The summed E-state index contributed by atoms with van der Waals surface area (Å²) in [6.07, 6.45) is 1.37. The molecule has 156 valence electrons. The van der Waals surface area contributed by atoms with Crippen molar-refractivity contribution in [2.75, 3.05) is 26.2 Å². The maximum atomic E-state index is 13.1. The molecule has 0 aliphatic carbocycles. The van der Waals surface area contributed by atoms with Gasteiger partial charge in [0.2, 0.25) is 5.71 Å². The number of fused-ring (bicyclic) bond motifs is 1. The number of nitro benzene ring substituents is 1. The van der Waals surface area contributed by atoms with E-state index in [2.05, 4.69) is 9.88 Å². The first kappa shape index (κ1) is 19.8. The smallest absolute Gasteiger partial charge is 0.269 e. The zero-order chi connectivity index (χ0) is 21.4. The lowest BCUT2D eigenvalue weighted by Crippen LogP contribution is -2.48. The summed E-state index contributed by atoms with van der Waals surface area (Å²) >= 11 is 0. The van der Waals surface area contributed by atoms with Gasteiger partial charge in [0.1, 0.15) is 17.5 Å². The third-order valence-corrected chi connectivity index (χ3v) is 5.35. The number of piperazine rings is 1. The number of hydrogen-bond acceptors (Lipinski definition) is 7. The van der Waals surface area contributed by atoms with Crippen LogP contribution < -0.4 is 5.56 Å². The third-order valence-electron chi connectivity index (χ3n) is 5.35. The quantitative estimate of drug-likeness (QED) is 0.474. The number of carbonyl (C=O) groups is 1. The molecule has 0 atom stereocenters. The molecule has 3 heterocycles. The largest absolute Gasteiger partial charge is 0.442 e. The molecule has 10 nitrogen and oxygen atoms in total. The van der Waals surface area contributed by atoms with Crippen LogP contribution in [0.3, 0.4) is 0 Å². The first-order chi connectivity index (χ1) is 14.3. The van der Waals surface area contributed by atoms with Crippen LogP contribution in [0.1, 0.15) is 21.7 Å². The normalized spacial score (nSPS) is 14.9. The Balaban J connectivity index is 1.48. The number of rotatable bonds is 4. The molecule has 0 radical (unpaired) electrons. The minimum atomic E-state index is -0.406. The Kier molecular flexibility index (Phi) is 5.08. The lowest BCUT2D eigenvalue weighted by Gasteiger charge is -2.34. The monoisotopic (exact) mass is 411 g/mol. The highest BCUT2D eigenvalue weighted by Gasteiger charge is 2.28. The van der Waals surface area contributed by atoms with Crippen molar-refractivity contribution in [3.8, 4) is 0 Å². The molecule has 4 rings (SSSR count). The van der Waals surface area contributed by atoms with Crippen LogP contribution in [0.25, 0.3) is 11.1 Å². The molecule has 1 aliphatic rings. The van der Waals surface area contributed by atoms with Crippen LogP contribution in [0.2, 0.25) is 0 Å². The van der Waals surface area contributed by atoms with Gasteiger partial charge in [0, 0.05) is 51.9 Å². The summed E-state index contributed by atoms with van der Waals surface area (Å²) in [7, 11) is 1.58. The summed E-state index contributed by atoms with van der Waals surface area (Å²) in [5.41, 5.74) is 1.05. The fourth-order valence-corrected chi connectivity index (χ4v) is 3.74. The number of furan rings is 1. The van der Waals surface area contributed by atoms with E-state index in [1.807, 2.05) is 6.07 Å². The van der Waals surface area contributed by atoms with E-state index >= 15 is 0 Å². The highest BCUT2D eigenvalue weighted by Crippen LogP contribution is 2.23. The molecule has 1 fully saturated rings. The number of nitro groups is 1. The van der Waals surface area contributed by atoms with Gasteiger partial charge >= 0.3 is 0 Å². The second-order valence-electron chi connectivity index (χ2n) is 7.37. The van der Waals surface area contributed by atoms with E-state index in [9.17, 15) is 19.7 Å². The van der Waals surface area contributed by atoms with Crippen molar-refractivity contribution in [3.05, 3.63) is 67.9 Å². The minimum Gasteiger partial charge on any atom is -0.442 e. The summed E-state index contributed by atoms with van der Waals surface area (Å²) in [6.45, 7) is 4.45. The van der Waals surface area contributed by atoms with Crippen molar-refractivity contribution in [2.45, 2.75) is 13.5 Å². The number of aryl methyl sites for hydroxylation is 2. The van der Waals surface area contributed by atoms with Crippen LogP contribution in [-0.2, 0) is 13.6 Å². The average molecular weight is 411 g/mol. The fraction of sp³-hybridized carbons (Fsp3) is 0.350. The standard InChI is InChI=1S/C20H21N5O5/c1-13-16(17-18(30-13)21-12-22(2)19(17)26)20(27)24-8-6-23(7-9-24)11-14-4-3-5-15(10-14)25(28)29/h3-5,10,12H,6-9,11H2,1-2H3. The summed E-state index contributed by atoms with van der Waals surface area (Å²) < 4.78 is 6.86. The Hall–Kier alpha value is -3.53. The van der Waals surface area contributed by atoms with Crippen LogP contribution in [-0.4, -0.2) is 56.4 Å². The molecule has 0 spiro atoms. The van der Waals surface area contributed by atoms with Crippen LogP contribution in [0.5, 0.6) is 0 Å². The number of hydrogen-bond donors (Lipinski definition) is 0. The van der Waals surface area contributed by atoms with E-state index in [0.29, 0.717) is 38.5 Å². The molecule has 30 heavy (non-hydrogen) atoms. The predicted octanol–water partition coefficient (Wildman–Crippen LogP) is 1.70. The zero-order valence-electron chi connectivity index (χ0n) is 16.7. The average Bonchev–Trinajstić information content (AvgIpc) is 3.07. The van der Waals surface area contributed by atoms with Crippen LogP contribution in [0, 0.1) is 17.0 Å². The van der Waals surface area contributed by atoms with Gasteiger partial charge in [-0.1, -0.05) is 12.1 Å². The number of non-ortho nitro benzene ring substituents is 1. The second kappa shape index (κ2) is 7.71. The van der Waals surface area contributed by atoms with Crippen molar-refractivity contribution in [3.63, 3.8) is 0 Å². The number of benzene rings is 1. The van der Waals surface area contributed by atoms with E-state index in [4.69, 9.17) is 4.42 Å². The Morgan fingerprint density at radius 2 is 2.00 bits per heavy atom. The topological polar surface area (TPSA) is 115 Å². The highest BCUT2D eigenvalue weighted by atomic mass is 16.6. The van der Waals surface area contributed by atoms with Crippen molar-refractivity contribution in [1.82, 2.24) is 19.4 Å². The van der Waals surface area contributed by atoms with Crippen molar-refractivity contribution < 1.29 is 14.1 Å². The lowest BCUT2D eigenvalue weighted by atomic mass is 10.1. The van der Waals surface area contributed by atoms with Crippen molar-refractivity contribution in [1.29, 1.82) is 0 Å². The molecular formula is C20H21N5O5. The Morgan fingerprint density at radius 3 is 2.70 bits per heavy atom. The number of amides is 1. The van der Waals surface area contributed by atoms with Gasteiger partial charge in [0.15, 0.2) is 0 Å². The third kappa shape index (κ3) is 3.57. The molecule has 0 bridgehead atoms. The van der Waals surface area contributed by atoms with Gasteiger partial charge in [-0.15, -0.1) is 0 Å². The summed E-state index contributed by atoms with van der Waals surface area (Å²) in [5, 5.41) is 11.2. The lowest BCUT2D eigenvalue weighted by molar-refractivity contribution is -0.384. The Labute approximate surface area is 171 Å². The summed E-state index contributed by atoms with van der Waals surface area (Å²) in [6, 6.07) is 6.57. The van der Waals surface area contributed by atoms with Gasteiger partial charge in [-0.3, -0.25) is 24.6 Å². The maximum absolute atomic E-state index is 13.1. The summed E-state index contributed by atoms with van der Waals surface area (Å²) in [4.78, 5) is 44.1. The maximum Gasteiger partial charge on any atom is 0.269 e. The molecule has 1 aromatic carbocycles.